The van der Waals surface area contributed by atoms with Gasteiger partial charge in [-0.05, 0) is 42.0 Å². The lowest BCUT2D eigenvalue weighted by Gasteiger charge is -2.36. The average molecular weight is 636 g/mol. The highest BCUT2D eigenvalue weighted by Gasteiger charge is 2.30. The Morgan fingerprint density at radius 3 is 2.49 bits per heavy atom. The van der Waals surface area contributed by atoms with E-state index in [1.807, 2.05) is 65.6 Å². The summed E-state index contributed by atoms with van der Waals surface area (Å²) in [6.07, 6.45) is 3.46. The first-order chi connectivity index (χ1) is 22.9. The van der Waals surface area contributed by atoms with Crippen LogP contribution in [0.15, 0.2) is 91.8 Å². The Kier molecular flexibility index (Phi) is 9.48. The predicted molar refractivity (Wildman–Crippen MR) is 180 cm³/mol. The zero-order chi connectivity index (χ0) is 32.8. The van der Waals surface area contributed by atoms with E-state index < -0.39 is 0 Å². The molecule has 2 saturated heterocycles. The van der Waals surface area contributed by atoms with Crippen molar-refractivity contribution in [1.29, 1.82) is 0 Å². The summed E-state index contributed by atoms with van der Waals surface area (Å²) in [6, 6.07) is 23.0. The van der Waals surface area contributed by atoms with Crippen LogP contribution in [0.2, 0.25) is 0 Å². The number of para-hydroxylation sites is 1. The van der Waals surface area contributed by atoms with Crippen molar-refractivity contribution in [2.24, 2.45) is 0 Å². The van der Waals surface area contributed by atoms with E-state index in [9.17, 15) is 9.59 Å². The molecule has 0 radical (unpaired) electrons. The molecule has 6 rings (SSSR count). The number of piperazine rings is 1. The van der Waals surface area contributed by atoms with Crippen LogP contribution in [0.4, 0.5) is 28.7 Å². The highest BCUT2D eigenvalue weighted by atomic mass is 16.7. The molecule has 47 heavy (non-hydrogen) atoms. The molecule has 2 aliphatic rings. The summed E-state index contributed by atoms with van der Waals surface area (Å²) in [4.78, 5) is 43.3. The first kappa shape index (κ1) is 31.4. The Morgan fingerprint density at radius 2 is 1.74 bits per heavy atom. The highest BCUT2D eigenvalue weighted by Crippen LogP contribution is 2.40. The van der Waals surface area contributed by atoms with Crippen LogP contribution in [0.1, 0.15) is 24.9 Å². The second-order valence-electron chi connectivity index (χ2n) is 11.1. The fourth-order valence-electron chi connectivity index (χ4n) is 5.73. The largest absolute Gasteiger partial charge is 0.494 e. The van der Waals surface area contributed by atoms with E-state index in [1.165, 1.54) is 12.4 Å². The molecule has 242 valence electrons. The first-order valence-electron chi connectivity index (χ1n) is 15.4. The van der Waals surface area contributed by atoms with Gasteiger partial charge < -0.3 is 29.9 Å². The van der Waals surface area contributed by atoms with Crippen molar-refractivity contribution >= 4 is 40.5 Å². The maximum absolute atomic E-state index is 12.4. The van der Waals surface area contributed by atoms with E-state index in [1.54, 1.807) is 25.2 Å². The lowest BCUT2D eigenvalue weighted by atomic mass is 10.0. The lowest BCUT2D eigenvalue weighted by molar-refractivity contribution is -0.129. The second-order valence-corrected chi connectivity index (χ2v) is 11.1. The fourth-order valence-corrected chi connectivity index (χ4v) is 5.73. The first-order valence-corrected chi connectivity index (χ1v) is 15.4. The Bertz CT molecular complexity index is 1740. The minimum absolute atomic E-state index is 0.0439. The van der Waals surface area contributed by atoms with Gasteiger partial charge in [-0.15, -0.1) is 0 Å². The van der Waals surface area contributed by atoms with Crippen molar-refractivity contribution in [2.75, 3.05) is 60.5 Å². The van der Waals surface area contributed by atoms with Gasteiger partial charge in [-0.25, -0.2) is 15.0 Å². The van der Waals surface area contributed by atoms with Crippen LogP contribution in [0.3, 0.4) is 0 Å². The molecule has 0 aliphatic carbocycles. The summed E-state index contributed by atoms with van der Waals surface area (Å²) >= 11 is 0. The summed E-state index contributed by atoms with van der Waals surface area (Å²) in [5, 5.41) is 8.05. The molecule has 1 aromatic heterocycles. The van der Waals surface area contributed by atoms with Gasteiger partial charge in [-0.3, -0.25) is 14.4 Å². The molecule has 0 bridgehead atoms. The molecule has 12 nitrogen and oxygen atoms in total. The van der Waals surface area contributed by atoms with E-state index >= 15 is 0 Å². The van der Waals surface area contributed by atoms with Crippen LogP contribution in [-0.2, 0) is 14.4 Å². The highest BCUT2D eigenvalue weighted by molar-refractivity contribution is 6.02. The molecule has 0 spiro atoms. The molecule has 3 aromatic carbocycles. The minimum Gasteiger partial charge on any atom is -0.494 e. The number of carbonyl (C=O) groups is 2. The number of amides is 2. The van der Waals surface area contributed by atoms with Crippen LogP contribution >= 0.6 is 0 Å². The number of nitrogens with one attached hydrogen (secondary N) is 2. The predicted octanol–water partition coefficient (Wildman–Crippen LogP) is 5.70. The monoisotopic (exact) mass is 635 g/mol. The van der Waals surface area contributed by atoms with Gasteiger partial charge in [-0.2, -0.15) is 0 Å². The number of hydroxylamine groups is 1. The summed E-state index contributed by atoms with van der Waals surface area (Å²) < 4.78 is 11.8. The van der Waals surface area contributed by atoms with E-state index in [-0.39, 0.29) is 17.9 Å². The normalized spacial score (nSPS) is 16.0. The van der Waals surface area contributed by atoms with Crippen LogP contribution in [0.5, 0.6) is 17.2 Å². The Hall–Kier alpha value is -5.62. The number of hydrogen-bond donors (Lipinski definition) is 2. The maximum Gasteiger partial charge on any atom is 0.247 e. The van der Waals surface area contributed by atoms with E-state index in [0.29, 0.717) is 61.5 Å². The van der Waals surface area contributed by atoms with Gasteiger partial charge in [-0.1, -0.05) is 36.9 Å². The second kappa shape index (κ2) is 14.2. The number of methoxy groups -OCH3 is 1. The van der Waals surface area contributed by atoms with Crippen LogP contribution in [0.25, 0.3) is 0 Å². The van der Waals surface area contributed by atoms with Gasteiger partial charge in [0.2, 0.25) is 11.8 Å². The number of anilines is 5. The Morgan fingerprint density at radius 1 is 0.957 bits per heavy atom. The van der Waals surface area contributed by atoms with Gasteiger partial charge in [0.15, 0.2) is 5.82 Å². The van der Waals surface area contributed by atoms with Gasteiger partial charge in [0.1, 0.15) is 29.4 Å². The quantitative estimate of drug-likeness (QED) is 0.210. The number of carbonyl (C=O) groups excluding carboxylic acids is 2. The topological polar surface area (TPSA) is 121 Å². The van der Waals surface area contributed by atoms with Crippen molar-refractivity contribution in [1.82, 2.24) is 14.9 Å². The molecule has 2 aliphatic heterocycles. The third kappa shape index (κ3) is 7.28. The molecule has 2 N–H and O–H groups in total. The van der Waals surface area contributed by atoms with Gasteiger partial charge in [0.05, 0.1) is 36.8 Å². The SMILES string of the molecule is C=CC(=O)Nc1cc(Nc2cc(N3OCCC3c3cccc(Oc4ccccc4)c3)ncn2)c(OC)cc1N1CCN(C(C)=O)CC1. The van der Waals surface area contributed by atoms with E-state index in [4.69, 9.17) is 14.3 Å². The number of ether oxygens (including phenoxy) is 2. The third-order valence-electron chi connectivity index (χ3n) is 8.09. The number of rotatable bonds is 10. The van der Waals surface area contributed by atoms with Crippen molar-refractivity contribution in [2.45, 2.75) is 19.4 Å². The number of hydrogen-bond acceptors (Lipinski definition) is 10. The minimum atomic E-state index is -0.343. The average Bonchev–Trinajstić information content (AvgIpc) is 3.60. The number of benzene rings is 3. The van der Waals surface area contributed by atoms with Crippen molar-refractivity contribution in [3.05, 3.63) is 97.3 Å². The van der Waals surface area contributed by atoms with Gasteiger partial charge in [0.25, 0.3) is 0 Å². The number of nitrogens with zero attached hydrogens (tertiary/aromatic N) is 5. The molecule has 12 heteroatoms. The van der Waals surface area contributed by atoms with Crippen LogP contribution < -0.4 is 30.1 Å². The Balaban J connectivity index is 1.24. The molecule has 4 aromatic rings. The summed E-state index contributed by atoms with van der Waals surface area (Å²) in [6.45, 7) is 8.09. The zero-order valence-electron chi connectivity index (χ0n) is 26.4. The molecule has 1 atom stereocenters. The van der Waals surface area contributed by atoms with Crippen molar-refractivity contribution < 1.29 is 23.9 Å². The van der Waals surface area contributed by atoms with E-state index in [0.717, 1.165) is 29.2 Å². The van der Waals surface area contributed by atoms with Crippen LogP contribution in [-0.4, -0.2) is 66.6 Å². The molecule has 2 amide bonds. The molecular weight excluding hydrogens is 598 g/mol. The molecule has 0 saturated carbocycles. The van der Waals surface area contributed by atoms with E-state index in [2.05, 4.69) is 38.1 Å². The van der Waals surface area contributed by atoms with Crippen molar-refractivity contribution in [3.63, 3.8) is 0 Å². The third-order valence-corrected chi connectivity index (χ3v) is 8.09. The summed E-state index contributed by atoms with van der Waals surface area (Å²) in [7, 11) is 1.59. The smallest absolute Gasteiger partial charge is 0.247 e. The molecule has 3 heterocycles. The van der Waals surface area contributed by atoms with Gasteiger partial charge in [0, 0.05) is 51.7 Å². The van der Waals surface area contributed by atoms with Gasteiger partial charge >= 0.3 is 0 Å². The summed E-state index contributed by atoms with van der Waals surface area (Å²) in [5.74, 6) is 2.84. The number of aromatic nitrogens is 2. The zero-order valence-corrected chi connectivity index (χ0v) is 26.4. The molecule has 1 unspecified atom stereocenters. The van der Waals surface area contributed by atoms with Crippen molar-refractivity contribution in [3.8, 4) is 17.2 Å². The summed E-state index contributed by atoms with van der Waals surface area (Å²) in [5.41, 5.74) is 2.98. The molecule has 2 fully saturated rings. The molecular formula is C35H37N7O5. The maximum atomic E-state index is 12.4. The lowest BCUT2D eigenvalue weighted by Crippen LogP contribution is -2.48. The standard InChI is InChI=1S/C35H37N7O5/c1-4-35(44)39-28-20-29(32(45-3)21-31(28)41-16-14-40(15-17-41)24(2)43)38-33-22-34(37-23-36-33)42-30(13-18-46-42)25-9-8-12-27(19-25)47-26-10-6-5-7-11-26/h4-12,19-23,30H,1,13-18H2,2-3H3,(H,39,44)(H,36,37,38). The fraction of sp³-hybridized carbons (Fsp3) is 0.257. The Labute approximate surface area is 273 Å². The van der Waals surface area contributed by atoms with Crippen LogP contribution in [0, 0.1) is 0 Å².